The van der Waals surface area contributed by atoms with Crippen LogP contribution in [-0.4, -0.2) is 43.2 Å². The van der Waals surface area contributed by atoms with Crippen molar-refractivity contribution in [3.05, 3.63) is 24.3 Å². The number of amides is 1. The van der Waals surface area contributed by atoms with Crippen LogP contribution in [0.4, 0.5) is 0 Å². The van der Waals surface area contributed by atoms with E-state index in [1.54, 1.807) is 31.1 Å². The molecule has 0 bridgehead atoms. The van der Waals surface area contributed by atoms with E-state index in [1.165, 1.54) is 0 Å². The summed E-state index contributed by atoms with van der Waals surface area (Å²) in [6.45, 7) is 3.16. The van der Waals surface area contributed by atoms with Gasteiger partial charge in [-0.15, -0.1) is 12.4 Å². The third-order valence-electron chi connectivity index (χ3n) is 3.49. The second kappa shape index (κ2) is 8.10. The highest BCUT2D eigenvalue weighted by molar-refractivity contribution is 5.85. The Morgan fingerprint density at radius 3 is 2.52 bits per heavy atom. The number of carbonyl (C=O) groups excluding carboxylic acids is 1. The number of benzene rings is 1. The van der Waals surface area contributed by atoms with Gasteiger partial charge in [0.05, 0.1) is 7.11 Å². The Morgan fingerprint density at radius 1 is 1.33 bits per heavy atom. The van der Waals surface area contributed by atoms with Crippen LogP contribution in [0.5, 0.6) is 11.5 Å². The second-order valence-electron chi connectivity index (χ2n) is 5.12. The molecule has 2 atom stereocenters. The summed E-state index contributed by atoms with van der Waals surface area (Å²) in [5.41, 5.74) is 5.90. The van der Waals surface area contributed by atoms with E-state index in [2.05, 4.69) is 0 Å². The Bertz CT molecular complexity index is 453. The van der Waals surface area contributed by atoms with Crippen LogP contribution in [0.3, 0.4) is 0 Å². The average molecular weight is 315 g/mol. The Labute approximate surface area is 131 Å². The van der Waals surface area contributed by atoms with Crippen LogP contribution in [0.25, 0.3) is 0 Å². The number of hydrogen-bond donors (Lipinski definition) is 1. The van der Waals surface area contributed by atoms with Gasteiger partial charge in [-0.05, 0) is 44.0 Å². The minimum atomic E-state index is -0.506. The smallest absolute Gasteiger partial charge is 0.263 e. The first-order chi connectivity index (χ1) is 9.60. The lowest BCUT2D eigenvalue weighted by Crippen LogP contribution is -2.49. The summed E-state index contributed by atoms with van der Waals surface area (Å²) in [7, 11) is 1.61. The highest BCUT2D eigenvalue weighted by atomic mass is 35.5. The summed E-state index contributed by atoms with van der Waals surface area (Å²) in [5.74, 6) is 1.42. The van der Waals surface area contributed by atoms with Crippen molar-refractivity contribution in [1.29, 1.82) is 0 Å². The van der Waals surface area contributed by atoms with Crippen molar-refractivity contribution in [1.82, 2.24) is 4.90 Å². The highest BCUT2D eigenvalue weighted by Crippen LogP contribution is 2.19. The average Bonchev–Trinajstić information content (AvgIpc) is 2.47. The number of methoxy groups -OCH3 is 1. The van der Waals surface area contributed by atoms with E-state index in [0.29, 0.717) is 12.3 Å². The molecule has 6 heteroatoms. The van der Waals surface area contributed by atoms with Crippen LogP contribution in [0.15, 0.2) is 24.3 Å². The third-order valence-corrected chi connectivity index (χ3v) is 3.49. The molecular weight excluding hydrogens is 292 g/mol. The molecule has 1 aliphatic heterocycles. The number of nitrogens with zero attached hydrogens (tertiary/aromatic N) is 1. The van der Waals surface area contributed by atoms with E-state index in [1.807, 2.05) is 12.1 Å². The van der Waals surface area contributed by atoms with Gasteiger partial charge in [0.25, 0.3) is 5.91 Å². The molecule has 118 valence electrons. The summed E-state index contributed by atoms with van der Waals surface area (Å²) in [6.07, 6.45) is 1.44. The molecule has 1 heterocycles. The predicted octanol–water partition coefficient (Wildman–Crippen LogP) is 1.83. The maximum atomic E-state index is 12.3. The summed E-state index contributed by atoms with van der Waals surface area (Å²) >= 11 is 0. The van der Waals surface area contributed by atoms with Gasteiger partial charge >= 0.3 is 0 Å². The number of ether oxygens (including phenoxy) is 2. The van der Waals surface area contributed by atoms with Gasteiger partial charge in [-0.1, -0.05) is 0 Å². The molecule has 0 aliphatic carbocycles. The fraction of sp³-hybridized carbons (Fsp3) is 0.533. The fourth-order valence-corrected chi connectivity index (χ4v) is 2.38. The Hall–Kier alpha value is -1.46. The molecule has 0 radical (unpaired) electrons. The molecule has 0 spiro atoms. The molecule has 1 aromatic carbocycles. The van der Waals surface area contributed by atoms with Crippen molar-refractivity contribution in [3.8, 4) is 11.5 Å². The zero-order valence-electron chi connectivity index (χ0n) is 12.5. The molecule has 0 aromatic heterocycles. The van der Waals surface area contributed by atoms with Crippen molar-refractivity contribution in [3.63, 3.8) is 0 Å². The molecule has 1 amide bonds. The minimum Gasteiger partial charge on any atom is -0.497 e. The van der Waals surface area contributed by atoms with Crippen molar-refractivity contribution in [2.24, 2.45) is 5.73 Å². The molecule has 21 heavy (non-hydrogen) atoms. The number of carbonyl (C=O) groups is 1. The fourth-order valence-electron chi connectivity index (χ4n) is 2.38. The number of rotatable bonds is 4. The van der Waals surface area contributed by atoms with Crippen LogP contribution < -0.4 is 15.2 Å². The van der Waals surface area contributed by atoms with Crippen LogP contribution in [0, 0.1) is 0 Å². The van der Waals surface area contributed by atoms with Crippen LogP contribution in [0.2, 0.25) is 0 Å². The molecule has 2 rings (SSSR count). The van der Waals surface area contributed by atoms with Gasteiger partial charge in [0, 0.05) is 19.1 Å². The first-order valence-corrected chi connectivity index (χ1v) is 6.95. The van der Waals surface area contributed by atoms with Crippen molar-refractivity contribution in [2.45, 2.75) is 31.9 Å². The Morgan fingerprint density at radius 2 is 1.95 bits per heavy atom. The summed E-state index contributed by atoms with van der Waals surface area (Å²) in [6, 6.07) is 7.29. The van der Waals surface area contributed by atoms with Gasteiger partial charge in [-0.25, -0.2) is 0 Å². The van der Waals surface area contributed by atoms with Gasteiger partial charge in [0.15, 0.2) is 6.10 Å². The lowest BCUT2D eigenvalue weighted by molar-refractivity contribution is -0.139. The van der Waals surface area contributed by atoms with Crippen molar-refractivity contribution in [2.75, 3.05) is 20.2 Å². The number of piperidine rings is 1. The molecule has 1 aliphatic rings. The lowest BCUT2D eigenvalue weighted by Gasteiger charge is -2.32. The van der Waals surface area contributed by atoms with E-state index >= 15 is 0 Å². The number of halogens is 1. The molecule has 2 unspecified atom stereocenters. The maximum absolute atomic E-state index is 12.3. The Balaban J connectivity index is 0.00000220. The highest BCUT2D eigenvalue weighted by Gasteiger charge is 2.26. The number of nitrogens with two attached hydrogens (primary N) is 1. The number of hydrogen-bond acceptors (Lipinski definition) is 4. The van der Waals surface area contributed by atoms with E-state index in [-0.39, 0.29) is 24.4 Å². The van der Waals surface area contributed by atoms with Crippen LogP contribution in [0.1, 0.15) is 19.8 Å². The van der Waals surface area contributed by atoms with Gasteiger partial charge in [-0.2, -0.15) is 0 Å². The Kier molecular flexibility index (Phi) is 6.78. The van der Waals surface area contributed by atoms with E-state index in [0.717, 1.165) is 25.1 Å². The molecule has 1 saturated heterocycles. The van der Waals surface area contributed by atoms with E-state index in [4.69, 9.17) is 15.2 Å². The van der Waals surface area contributed by atoms with Gasteiger partial charge < -0.3 is 20.1 Å². The lowest BCUT2D eigenvalue weighted by atomic mass is 10.1. The van der Waals surface area contributed by atoms with E-state index < -0.39 is 6.10 Å². The summed E-state index contributed by atoms with van der Waals surface area (Å²) in [4.78, 5) is 14.1. The van der Waals surface area contributed by atoms with Gasteiger partial charge in [0.2, 0.25) is 0 Å². The largest absolute Gasteiger partial charge is 0.497 e. The first kappa shape index (κ1) is 17.6. The van der Waals surface area contributed by atoms with Gasteiger partial charge in [0.1, 0.15) is 11.5 Å². The zero-order chi connectivity index (χ0) is 14.5. The van der Waals surface area contributed by atoms with Crippen LogP contribution in [-0.2, 0) is 4.79 Å². The normalized spacial score (nSPS) is 19.4. The monoisotopic (exact) mass is 314 g/mol. The third kappa shape index (κ3) is 4.79. The molecule has 1 fully saturated rings. The van der Waals surface area contributed by atoms with Crippen LogP contribution >= 0.6 is 12.4 Å². The maximum Gasteiger partial charge on any atom is 0.263 e. The van der Waals surface area contributed by atoms with E-state index in [9.17, 15) is 4.79 Å². The molecule has 0 saturated carbocycles. The predicted molar refractivity (Wildman–Crippen MR) is 84.1 cm³/mol. The molecule has 5 nitrogen and oxygen atoms in total. The second-order valence-corrected chi connectivity index (χ2v) is 5.12. The topological polar surface area (TPSA) is 64.8 Å². The molecule has 2 N–H and O–H groups in total. The SMILES string of the molecule is COc1ccc(OC(C)C(=O)N2CCCC(N)C2)cc1.Cl. The van der Waals surface area contributed by atoms with Gasteiger partial charge in [-0.3, -0.25) is 4.79 Å². The summed E-state index contributed by atoms with van der Waals surface area (Å²) in [5, 5.41) is 0. The zero-order valence-corrected chi connectivity index (χ0v) is 13.3. The standard InChI is InChI=1S/C15H22N2O3.ClH/c1-11(15(18)17-9-3-4-12(16)10-17)20-14-7-5-13(19-2)6-8-14;/h5-8,11-12H,3-4,9-10,16H2,1-2H3;1H. The molecular formula is C15H23ClN2O3. The quantitative estimate of drug-likeness (QED) is 0.921. The van der Waals surface area contributed by atoms with Crippen molar-refractivity contribution >= 4 is 18.3 Å². The molecule has 1 aromatic rings. The van der Waals surface area contributed by atoms with Crippen molar-refractivity contribution < 1.29 is 14.3 Å². The minimum absolute atomic E-state index is 0. The summed E-state index contributed by atoms with van der Waals surface area (Å²) < 4.78 is 10.8. The number of likely N-dealkylation sites (tertiary alicyclic amines) is 1. The first-order valence-electron chi connectivity index (χ1n) is 6.95.